The maximum atomic E-state index is 12.3. The lowest BCUT2D eigenvalue weighted by Gasteiger charge is -2.28. The topological polar surface area (TPSA) is 98.8 Å². The van der Waals surface area contributed by atoms with E-state index < -0.39 is 29.3 Å². The van der Waals surface area contributed by atoms with E-state index in [4.69, 9.17) is 0 Å². The summed E-state index contributed by atoms with van der Waals surface area (Å²) < 4.78 is 8.98. The third-order valence-electron chi connectivity index (χ3n) is 3.12. The lowest BCUT2D eigenvalue weighted by Crippen LogP contribution is -2.51. The molecule has 0 bridgehead atoms. The Labute approximate surface area is 153 Å². The molecule has 1 atom stereocenters. The second-order valence-corrected chi connectivity index (χ2v) is 9.53. The zero-order valence-corrected chi connectivity index (χ0v) is 17.0. The number of carbonyl (C=O) groups excluding carboxylic acids is 4. The molecule has 0 saturated carbocycles. The maximum absolute atomic E-state index is 12.3. The third kappa shape index (κ3) is 8.38. The van der Waals surface area contributed by atoms with Gasteiger partial charge in [0.25, 0.3) is 0 Å². The number of thioether (sulfide) groups is 1. The molecule has 0 fully saturated rings. The van der Waals surface area contributed by atoms with Crippen LogP contribution in [0.2, 0.25) is 0 Å². The molecule has 144 valence electrons. The average Bonchev–Trinajstić information content (AvgIpc) is 2.43. The van der Waals surface area contributed by atoms with Crippen molar-refractivity contribution in [1.29, 1.82) is 0 Å². The molecule has 0 spiro atoms. The van der Waals surface area contributed by atoms with Crippen molar-refractivity contribution < 1.29 is 28.7 Å². The van der Waals surface area contributed by atoms with E-state index in [-0.39, 0.29) is 22.2 Å². The first kappa shape index (κ1) is 23.4. The Balaban J connectivity index is 5.62. The van der Waals surface area contributed by atoms with Gasteiger partial charge >= 0.3 is 11.9 Å². The van der Waals surface area contributed by atoms with Crippen LogP contribution in [0.1, 0.15) is 48.0 Å². The van der Waals surface area contributed by atoms with E-state index in [2.05, 4.69) is 14.8 Å². The lowest BCUT2D eigenvalue weighted by molar-refractivity contribution is -0.160. The molecule has 0 aliphatic carbocycles. The molecule has 0 aromatic heterocycles. The predicted octanol–water partition coefficient (Wildman–Crippen LogP) is 1.93. The van der Waals surface area contributed by atoms with Crippen molar-refractivity contribution in [2.45, 2.75) is 58.8 Å². The van der Waals surface area contributed by atoms with Gasteiger partial charge in [-0.3, -0.25) is 19.2 Å². The molecule has 0 saturated heterocycles. The number of amides is 1. The highest BCUT2D eigenvalue weighted by molar-refractivity contribution is 8.14. The molecule has 1 N–H and O–H groups in total. The van der Waals surface area contributed by atoms with Crippen LogP contribution in [0.25, 0.3) is 0 Å². The Morgan fingerprint density at radius 1 is 0.920 bits per heavy atom. The Morgan fingerprint density at radius 2 is 1.36 bits per heavy atom. The van der Waals surface area contributed by atoms with Crippen molar-refractivity contribution >= 4 is 34.7 Å². The van der Waals surface area contributed by atoms with Gasteiger partial charge < -0.3 is 14.8 Å². The SMILES string of the molecule is COC(=O)C(C(=O)OC)[C@@H](CC(=O)SC(C)(C)C)NC(=O)C(C)(C)C. The van der Waals surface area contributed by atoms with Gasteiger partial charge in [0.15, 0.2) is 11.0 Å². The molecule has 0 aromatic carbocycles. The molecule has 0 aliphatic rings. The zero-order valence-electron chi connectivity index (χ0n) is 16.2. The van der Waals surface area contributed by atoms with Crippen molar-refractivity contribution in [2.24, 2.45) is 11.3 Å². The Bertz CT molecular complexity index is 502. The maximum Gasteiger partial charge on any atom is 0.322 e. The van der Waals surface area contributed by atoms with Gasteiger partial charge in [-0.1, -0.05) is 53.3 Å². The number of carbonyl (C=O) groups is 4. The summed E-state index contributed by atoms with van der Waals surface area (Å²) in [6, 6.07) is -1.05. The molecule has 25 heavy (non-hydrogen) atoms. The predicted molar refractivity (Wildman–Crippen MR) is 95.9 cm³/mol. The van der Waals surface area contributed by atoms with Crippen molar-refractivity contribution in [3.63, 3.8) is 0 Å². The number of esters is 2. The largest absolute Gasteiger partial charge is 0.468 e. The molecule has 8 heteroatoms. The fraction of sp³-hybridized carbons (Fsp3) is 0.765. The number of ether oxygens (including phenoxy) is 2. The van der Waals surface area contributed by atoms with Crippen LogP contribution in [0.4, 0.5) is 0 Å². The molecule has 7 nitrogen and oxygen atoms in total. The first-order chi connectivity index (χ1) is 11.2. The quantitative estimate of drug-likeness (QED) is 0.559. The minimum atomic E-state index is -1.41. The fourth-order valence-corrected chi connectivity index (χ4v) is 2.82. The molecule has 0 heterocycles. The van der Waals surface area contributed by atoms with Gasteiger partial charge in [0.1, 0.15) is 0 Å². The van der Waals surface area contributed by atoms with Crippen molar-refractivity contribution in [2.75, 3.05) is 14.2 Å². The number of hydrogen-bond acceptors (Lipinski definition) is 7. The third-order valence-corrected chi connectivity index (χ3v) is 4.12. The van der Waals surface area contributed by atoms with E-state index in [1.165, 1.54) is 0 Å². The Morgan fingerprint density at radius 3 is 1.68 bits per heavy atom. The molecule has 0 aliphatic heterocycles. The van der Waals surface area contributed by atoms with Gasteiger partial charge in [0, 0.05) is 16.6 Å². The monoisotopic (exact) mass is 375 g/mol. The minimum Gasteiger partial charge on any atom is -0.468 e. The summed E-state index contributed by atoms with van der Waals surface area (Å²) in [5, 5.41) is 2.38. The van der Waals surface area contributed by atoms with E-state index >= 15 is 0 Å². The summed E-state index contributed by atoms with van der Waals surface area (Å²) in [7, 11) is 2.26. The highest BCUT2D eigenvalue weighted by Crippen LogP contribution is 2.27. The Hall–Kier alpha value is -1.57. The van der Waals surface area contributed by atoms with Crippen LogP contribution >= 0.6 is 11.8 Å². The highest BCUT2D eigenvalue weighted by Gasteiger charge is 2.40. The molecule has 0 unspecified atom stereocenters. The van der Waals surface area contributed by atoms with Crippen molar-refractivity contribution in [3.05, 3.63) is 0 Å². The van der Waals surface area contributed by atoms with Crippen LogP contribution < -0.4 is 5.32 Å². The Kier molecular flexibility index (Phi) is 8.64. The number of hydrogen-bond donors (Lipinski definition) is 1. The van der Waals surface area contributed by atoms with Crippen LogP contribution in [0.15, 0.2) is 0 Å². The fourth-order valence-electron chi connectivity index (χ4n) is 1.88. The summed E-state index contributed by atoms with van der Waals surface area (Å²) in [6.07, 6.45) is -0.196. The van der Waals surface area contributed by atoms with Crippen LogP contribution in [-0.2, 0) is 28.7 Å². The van der Waals surface area contributed by atoms with E-state index in [0.29, 0.717) is 0 Å². The van der Waals surface area contributed by atoms with Crippen molar-refractivity contribution in [3.8, 4) is 0 Å². The first-order valence-electron chi connectivity index (χ1n) is 7.91. The lowest BCUT2D eigenvalue weighted by atomic mass is 9.92. The van der Waals surface area contributed by atoms with Crippen molar-refractivity contribution in [1.82, 2.24) is 5.32 Å². The molecule has 0 rings (SSSR count). The van der Waals surface area contributed by atoms with Gasteiger partial charge in [0.05, 0.1) is 20.3 Å². The van der Waals surface area contributed by atoms with Crippen LogP contribution in [-0.4, -0.2) is 48.0 Å². The van der Waals surface area contributed by atoms with E-state index in [0.717, 1.165) is 26.0 Å². The number of rotatable bonds is 6. The summed E-state index contributed by atoms with van der Waals surface area (Å²) >= 11 is 1.08. The molecular formula is C17H29NO6S. The summed E-state index contributed by atoms with van der Waals surface area (Å²) in [4.78, 5) is 48.8. The molecule has 0 aromatic rings. The normalized spacial score (nSPS) is 13.2. The van der Waals surface area contributed by atoms with E-state index in [1.54, 1.807) is 20.8 Å². The highest BCUT2D eigenvalue weighted by atomic mass is 32.2. The second-order valence-electron chi connectivity index (χ2n) is 7.64. The van der Waals surface area contributed by atoms with Gasteiger partial charge in [-0.2, -0.15) is 0 Å². The number of methoxy groups -OCH3 is 2. The van der Waals surface area contributed by atoms with Gasteiger partial charge in [-0.25, -0.2) is 0 Å². The smallest absolute Gasteiger partial charge is 0.322 e. The van der Waals surface area contributed by atoms with Gasteiger partial charge in [-0.05, 0) is 0 Å². The van der Waals surface area contributed by atoms with E-state index in [1.807, 2.05) is 20.8 Å². The van der Waals surface area contributed by atoms with Crippen LogP contribution in [0.5, 0.6) is 0 Å². The summed E-state index contributed by atoms with van der Waals surface area (Å²) in [6.45, 7) is 10.7. The summed E-state index contributed by atoms with van der Waals surface area (Å²) in [5.41, 5.74) is -0.755. The molecule has 0 radical (unpaired) electrons. The molecule has 1 amide bonds. The molecular weight excluding hydrogens is 346 g/mol. The van der Waals surface area contributed by atoms with E-state index in [9.17, 15) is 19.2 Å². The summed E-state index contributed by atoms with van der Waals surface area (Å²) in [5.74, 6) is -3.52. The average molecular weight is 375 g/mol. The first-order valence-corrected chi connectivity index (χ1v) is 8.73. The van der Waals surface area contributed by atoms with Crippen LogP contribution in [0, 0.1) is 11.3 Å². The second kappa shape index (κ2) is 9.22. The van der Waals surface area contributed by atoms with Gasteiger partial charge in [0.2, 0.25) is 5.91 Å². The van der Waals surface area contributed by atoms with Crippen LogP contribution in [0.3, 0.4) is 0 Å². The standard InChI is InChI=1S/C17H29NO6S/c1-16(2,3)15(22)18-10(9-11(19)25-17(4,5)6)12(13(20)23-7)14(21)24-8/h10,12H,9H2,1-8H3,(H,18,22)/t10-/m1/s1. The minimum absolute atomic E-state index is 0.196. The van der Waals surface area contributed by atoms with Gasteiger partial charge in [-0.15, -0.1) is 0 Å². The number of nitrogens with one attached hydrogen (secondary N) is 1. The zero-order chi connectivity index (χ0) is 20.0.